The molecule has 0 spiro atoms. The number of aromatic nitrogens is 1. The van der Waals surface area contributed by atoms with Crippen molar-refractivity contribution >= 4 is 5.97 Å². The average molecular weight is 277 g/mol. The molecular weight excluding hydrogens is 254 g/mol. The number of hydrogen-bond acceptors (Lipinski definition) is 4. The van der Waals surface area contributed by atoms with Gasteiger partial charge in [-0.1, -0.05) is 6.92 Å². The first-order valence-corrected chi connectivity index (χ1v) is 7.33. The third-order valence-corrected chi connectivity index (χ3v) is 3.77. The number of carbonyl (C=O) groups is 1. The van der Waals surface area contributed by atoms with Crippen LogP contribution in [0.2, 0.25) is 0 Å². The Morgan fingerprint density at radius 3 is 2.75 bits per heavy atom. The fraction of sp³-hybridized carbons (Fsp3) is 0.600. The SMILES string of the molecule is CCCN(Cc1ccc(C(=O)O)cn1)C1CCNCC1. The smallest absolute Gasteiger partial charge is 0.337 e. The minimum atomic E-state index is -0.923. The fourth-order valence-electron chi connectivity index (χ4n) is 2.70. The molecule has 0 radical (unpaired) electrons. The molecule has 5 heteroatoms. The predicted octanol–water partition coefficient (Wildman–Crippen LogP) is 1.74. The van der Waals surface area contributed by atoms with Crippen LogP contribution < -0.4 is 5.32 Å². The lowest BCUT2D eigenvalue weighted by atomic mass is 10.0. The van der Waals surface area contributed by atoms with E-state index in [2.05, 4.69) is 22.1 Å². The van der Waals surface area contributed by atoms with E-state index in [1.807, 2.05) is 6.07 Å². The van der Waals surface area contributed by atoms with E-state index >= 15 is 0 Å². The van der Waals surface area contributed by atoms with Gasteiger partial charge in [0.25, 0.3) is 0 Å². The molecule has 1 aliphatic rings. The van der Waals surface area contributed by atoms with Gasteiger partial charge in [0.2, 0.25) is 0 Å². The van der Waals surface area contributed by atoms with E-state index in [1.165, 1.54) is 19.0 Å². The Morgan fingerprint density at radius 2 is 2.20 bits per heavy atom. The highest BCUT2D eigenvalue weighted by Crippen LogP contribution is 2.15. The molecule has 0 unspecified atom stereocenters. The van der Waals surface area contributed by atoms with Crippen molar-refractivity contribution in [3.63, 3.8) is 0 Å². The second kappa shape index (κ2) is 7.36. The Morgan fingerprint density at radius 1 is 1.45 bits per heavy atom. The summed E-state index contributed by atoms with van der Waals surface area (Å²) in [4.78, 5) is 17.6. The molecule has 2 heterocycles. The number of pyridine rings is 1. The molecule has 2 rings (SSSR count). The van der Waals surface area contributed by atoms with Crippen LogP contribution in [0.1, 0.15) is 42.2 Å². The Balaban J connectivity index is 2.01. The van der Waals surface area contributed by atoms with Crippen LogP contribution >= 0.6 is 0 Å². The lowest BCUT2D eigenvalue weighted by Crippen LogP contribution is -2.43. The monoisotopic (exact) mass is 277 g/mol. The lowest BCUT2D eigenvalue weighted by Gasteiger charge is -2.34. The van der Waals surface area contributed by atoms with Crippen molar-refractivity contribution < 1.29 is 9.90 Å². The normalized spacial score (nSPS) is 16.5. The topological polar surface area (TPSA) is 65.5 Å². The first kappa shape index (κ1) is 14.9. The number of piperidine rings is 1. The Kier molecular flexibility index (Phi) is 5.49. The van der Waals surface area contributed by atoms with Crippen molar-refractivity contribution in [2.24, 2.45) is 0 Å². The van der Waals surface area contributed by atoms with Crippen LogP contribution in [0.5, 0.6) is 0 Å². The van der Waals surface area contributed by atoms with Gasteiger partial charge in [-0.25, -0.2) is 4.79 Å². The maximum Gasteiger partial charge on any atom is 0.337 e. The van der Waals surface area contributed by atoms with Gasteiger partial charge in [0.05, 0.1) is 11.3 Å². The van der Waals surface area contributed by atoms with Crippen molar-refractivity contribution in [2.45, 2.75) is 38.8 Å². The van der Waals surface area contributed by atoms with Crippen LogP contribution in [0.4, 0.5) is 0 Å². The molecule has 5 nitrogen and oxygen atoms in total. The summed E-state index contributed by atoms with van der Waals surface area (Å²) in [6.45, 7) is 6.22. The van der Waals surface area contributed by atoms with E-state index in [4.69, 9.17) is 5.11 Å². The Bertz CT molecular complexity index is 427. The summed E-state index contributed by atoms with van der Waals surface area (Å²) in [6.07, 6.45) is 4.92. The summed E-state index contributed by atoms with van der Waals surface area (Å²) < 4.78 is 0. The molecule has 0 aromatic carbocycles. The molecule has 1 aliphatic heterocycles. The highest BCUT2D eigenvalue weighted by molar-refractivity contribution is 5.87. The highest BCUT2D eigenvalue weighted by Gasteiger charge is 2.20. The molecule has 110 valence electrons. The van der Waals surface area contributed by atoms with E-state index in [0.29, 0.717) is 6.04 Å². The maximum atomic E-state index is 10.8. The van der Waals surface area contributed by atoms with Gasteiger partial charge in [-0.2, -0.15) is 0 Å². The summed E-state index contributed by atoms with van der Waals surface area (Å²) in [5.74, 6) is -0.923. The van der Waals surface area contributed by atoms with Gasteiger partial charge in [-0.3, -0.25) is 9.88 Å². The third kappa shape index (κ3) is 4.02. The number of nitrogens with zero attached hydrogens (tertiary/aromatic N) is 2. The summed E-state index contributed by atoms with van der Waals surface area (Å²) >= 11 is 0. The van der Waals surface area contributed by atoms with Gasteiger partial charge in [0.15, 0.2) is 0 Å². The summed E-state index contributed by atoms with van der Waals surface area (Å²) in [6, 6.07) is 4.07. The minimum absolute atomic E-state index is 0.248. The second-order valence-electron chi connectivity index (χ2n) is 5.30. The molecule has 0 aliphatic carbocycles. The molecule has 1 fully saturated rings. The van der Waals surface area contributed by atoms with Crippen LogP contribution in [0.15, 0.2) is 18.3 Å². The average Bonchev–Trinajstić information content (AvgIpc) is 2.48. The first-order valence-electron chi connectivity index (χ1n) is 7.33. The standard InChI is InChI=1S/C15H23N3O2/c1-2-9-18(14-5-7-16-8-6-14)11-13-4-3-12(10-17-13)15(19)20/h3-4,10,14,16H,2,5-9,11H2,1H3,(H,19,20). The maximum absolute atomic E-state index is 10.8. The molecule has 0 amide bonds. The summed E-state index contributed by atoms with van der Waals surface area (Å²) in [7, 11) is 0. The van der Waals surface area contributed by atoms with E-state index in [1.54, 1.807) is 6.07 Å². The van der Waals surface area contributed by atoms with Crippen LogP contribution in [0.3, 0.4) is 0 Å². The van der Waals surface area contributed by atoms with Gasteiger partial charge < -0.3 is 10.4 Å². The van der Waals surface area contributed by atoms with Gasteiger partial charge in [-0.05, 0) is 51.0 Å². The summed E-state index contributed by atoms with van der Waals surface area (Å²) in [5.41, 5.74) is 1.19. The van der Waals surface area contributed by atoms with Gasteiger partial charge in [0, 0.05) is 18.8 Å². The molecule has 1 aromatic heterocycles. The second-order valence-corrected chi connectivity index (χ2v) is 5.30. The van der Waals surface area contributed by atoms with Gasteiger partial charge >= 0.3 is 5.97 Å². The van der Waals surface area contributed by atoms with Crippen molar-refractivity contribution in [2.75, 3.05) is 19.6 Å². The number of carboxylic acid groups (broad SMARTS) is 1. The zero-order valence-electron chi connectivity index (χ0n) is 12.0. The Hall–Kier alpha value is -1.46. The van der Waals surface area contributed by atoms with Crippen molar-refractivity contribution in [1.82, 2.24) is 15.2 Å². The van der Waals surface area contributed by atoms with Gasteiger partial charge in [-0.15, -0.1) is 0 Å². The van der Waals surface area contributed by atoms with Crippen LogP contribution in [-0.4, -0.2) is 46.6 Å². The number of rotatable bonds is 6. The van der Waals surface area contributed by atoms with Crippen LogP contribution in [0, 0.1) is 0 Å². The molecule has 0 saturated carbocycles. The molecule has 2 N–H and O–H groups in total. The Labute approximate surface area is 120 Å². The third-order valence-electron chi connectivity index (χ3n) is 3.77. The number of hydrogen-bond donors (Lipinski definition) is 2. The van der Waals surface area contributed by atoms with Crippen LogP contribution in [-0.2, 0) is 6.54 Å². The molecule has 1 aromatic rings. The predicted molar refractivity (Wildman–Crippen MR) is 77.8 cm³/mol. The number of nitrogens with one attached hydrogen (secondary N) is 1. The van der Waals surface area contributed by atoms with Crippen LogP contribution in [0.25, 0.3) is 0 Å². The zero-order valence-corrected chi connectivity index (χ0v) is 12.0. The van der Waals surface area contributed by atoms with E-state index in [9.17, 15) is 4.79 Å². The first-order chi connectivity index (χ1) is 9.70. The lowest BCUT2D eigenvalue weighted by molar-refractivity contribution is 0.0696. The molecule has 1 saturated heterocycles. The van der Waals surface area contributed by atoms with E-state index < -0.39 is 5.97 Å². The van der Waals surface area contributed by atoms with E-state index in [-0.39, 0.29) is 5.56 Å². The van der Waals surface area contributed by atoms with Gasteiger partial charge in [0.1, 0.15) is 0 Å². The number of aromatic carboxylic acids is 1. The quantitative estimate of drug-likeness (QED) is 0.829. The van der Waals surface area contributed by atoms with Crippen molar-refractivity contribution in [3.05, 3.63) is 29.6 Å². The summed E-state index contributed by atoms with van der Waals surface area (Å²) in [5, 5.41) is 12.3. The zero-order chi connectivity index (χ0) is 14.4. The largest absolute Gasteiger partial charge is 0.478 e. The van der Waals surface area contributed by atoms with E-state index in [0.717, 1.165) is 38.3 Å². The van der Waals surface area contributed by atoms with Crippen molar-refractivity contribution in [3.8, 4) is 0 Å². The molecule has 0 atom stereocenters. The highest BCUT2D eigenvalue weighted by atomic mass is 16.4. The van der Waals surface area contributed by atoms with Crippen molar-refractivity contribution in [1.29, 1.82) is 0 Å². The number of carboxylic acids is 1. The minimum Gasteiger partial charge on any atom is -0.478 e. The molecule has 20 heavy (non-hydrogen) atoms. The molecular formula is C15H23N3O2. The molecule has 0 bridgehead atoms. The fourth-order valence-corrected chi connectivity index (χ4v) is 2.70.